The fourth-order valence-electron chi connectivity index (χ4n) is 8.35. The Kier molecular flexibility index (Phi) is 8.23. The number of benzene rings is 8. The smallest absolute Gasteiger partial charge is 0.149 e. The van der Waals surface area contributed by atoms with Gasteiger partial charge in [0.05, 0.1) is 28.0 Å². The van der Waals surface area contributed by atoms with Crippen molar-refractivity contribution in [3.05, 3.63) is 206 Å². The maximum Gasteiger partial charge on any atom is 0.149 e. The highest BCUT2D eigenvalue weighted by atomic mass is 16.3. The lowest BCUT2D eigenvalue weighted by molar-refractivity contribution is 0.477. The highest BCUT2D eigenvalue weighted by Crippen LogP contribution is 2.43. The maximum absolute atomic E-state index is 11.9. The summed E-state index contributed by atoms with van der Waals surface area (Å²) in [5, 5.41) is 13.7. The largest absolute Gasteiger partial charge is 0.507 e. The molecule has 0 aliphatic heterocycles. The molecule has 0 aliphatic carbocycles. The van der Waals surface area contributed by atoms with Gasteiger partial charge in [-0.2, -0.15) is 0 Å². The van der Waals surface area contributed by atoms with Crippen LogP contribution >= 0.6 is 0 Å². The molecule has 0 fully saturated rings. The molecular weight excluding hydrogens is 723 g/mol. The third kappa shape index (κ3) is 6.04. The van der Waals surface area contributed by atoms with Crippen LogP contribution in [0.25, 0.3) is 106 Å². The summed E-state index contributed by atoms with van der Waals surface area (Å²) >= 11 is 0. The number of hydrogen-bond donors (Lipinski definition) is 1. The number of phenolic OH excluding ortho intramolecular Hbond substituents is 1. The van der Waals surface area contributed by atoms with Crippen LogP contribution in [0.1, 0.15) is 0 Å². The Balaban J connectivity index is 1.17. The Labute approximate surface area is 340 Å². The standard InChI is InChI=1S/C54H35N3O2/c58-50-33-45-44-22-11-13-26-51(44)59-52(45)34-46(50)54-56-53-43(23-14-25-49(53)57(54)48-24-12-10-21-42(48)37-19-8-3-9-20-37)40-29-39(36-17-6-2-7-18-36)30-41(31-40)47-32-38(27-28-55-47)35-15-4-1-5-16-35/h1-34,58H. The van der Waals surface area contributed by atoms with Crippen LogP contribution in [0.5, 0.6) is 5.75 Å². The van der Waals surface area contributed by atoms with E-state index in [1.807, 2.05) is 54.7 Å². The third-order valence-corrected chi connectivity index (χ3v) is 11.2. The first-order valence-corrected chi connectivity index (χ1v) is 19.7. The molecule has 0 amide bonds. The minimum Gasteiger partial charge on any atom is -0.507 e. The molecule has 59 heavy (non-hydrogen) atoms. The third-order valence-electron chi connectivity index (χ3n) is 11.2. The van der Waals surface area contributed by atoms with Crippen LogP contribution in [0.3, 0.4) is 0 Å². The molecule has 0 bridgehead atoms. The van der Waals surface area contributed by atoms with Crippen molar-refractivity contribution in [3.63, 3.8) is 0 Å². The molecule has 0 spiro atoms. The zero-order valence-corrected chi connectivity index (χ0v) is 31.8. The summed E-state index contributed by atoms with van der Waals surface area (Å²) < 4.78 is 8.55. The number of hydrogen-bond acceptors (Lipinski definition) is 4. The Bertz CT molecular complexity index is 3330. The lowest BCUT2D eigenvalue weighted by atomic mass is 9.93. The van der Waals surface area contributed by atoms with E-state index in [2.05, 4.69) is 150 Å². The van der Waals surface area contributed by atoms with E-state index in [-0.39, 0.29) is 5.75 Å². The first-order chi connectivity index (χ1) is 29.2. The summed E-state index contributed by atoms with van der Waals surface area (Å²) in [7, 11) is 0. The van der Waals surface area contributed by atoms with Crippen molar-refractivity contribution in [2.75, 3.05) is 0 Å². The molecule has 3 aromatic heterocycles. The van der Waals surface area contributed by atoms with Crippen molar-refractivity contribution in [3.8, 4) is 78.6 Å². The summed E-state index contributed by atoms with van der Waals surface area (Å²) in [6.45, 7) is 0. The number of nitrogens with zero attached hydrogens (tertiary/aromatic N) is 3. The molecule has 0 aliphatic rings. The Hall–Kier alpha value is -8.02. The second kappa shape index (κ2) is 14.2. The van der Waals surface area contributed by atoms with E-state index in [1.54, 1.807) is 6.07 Å². The summed E-state index contributed by atoms with van der Waals surface area (Å²) in [5.74, 6) is 0.726. The number of fused-ring (bicyclic) bond motifs is 4. The monoisotopic (exact) mass is 757 g/mol. The van der Waals surface area contributed by atoms with Crippen LogP contribution in [-0.2, 0) is 0 Å². The zero-order chi connectivity index (χ0) is 39.3. The molecule has 0 saturated carbocycles. The molecule has 0 radical (unpaired) electrons. The second-order valence-corrected chi connectivity index (χ2v) is 14.8. The molecule has 5 nitrogen and oxygen atoms in total. The van der Waals surface area contributed by atoms with Gasteiger partial charge in [-0.05, 0) is 94.0 Å². The van der Waals surface area contributed by atoms with E-state index >= 15 is 0 Å². The van der Waals surface area contributed by atoms with E-state index in [9.17, 15) is 5.11 Å². The quantitative estimate of drug-likeness (QED) is 0.176. The topological polar surface area (TPSA) is 64.1 Å². The molecule has 0 saturated heterocycles. The van der Waals surface area contributed by atoms with Crippen LogP contribution < -0.4 is 0 Å². The van der Waals surface area contributed by atoms with E-state index in [1.165, 1.54) is 0 Å². The number of pyridine rings is 1. The molecule has 0 unspecified atom stereocenters. The van der Waals surface area contributed by atoms with Gasteiger partial charge in [-0.15, -0.1) is 0 Å². The van der Waals surface area contributed by atoms with Gasteiger partial charge in [0, 0.05) is 33.7 Å². The van der Waals surface area contributed by atoms with Crippen molar-refractivity contribution in [1.29, 1.82) is 0 Å². The van der Waals surface area contributed by atoms with Crippen molar-refractivity contribution < 1.29 is 9.52 Å². The van der Waals surface area contributed by atoms with Gasteiger partial charge in [0.2, 0.25) is 0 Å². The van der Waals surface area contributed by atoms with Crippen LogP contribution in [0.2, 0.25) is 0 Å². The van der Waals surface area contributed by atoms with Crippen LogP contribution in [0.4, 0.5) is 0 Å². The van der Waals surface area contributed by atoms with Gasteiger partial charge in [-0.25, -0.2) is 4.98 Å². The lowest BCUT2D eigenvalue weighted by Gasteiger charge is -2.16. The normalized spacial score (nSPS) is 11.5. The van der Waals surface area contributed by atoms with Crippen molar-refractivity contribution in [2.24, 2.45) is 0 Å². The predicted octanol–water partition coefficient (Wildman–Crippen LogP) is 14.0. The summed E-state index contributed by atoms with van der Waals surface area (Å²) in [6, 6.07) is 68.5. The van der Waals surface area contributed by atoms with Crippen LogP contribution in [0, 0.1) is 0 Å². The lowest BCUT2D eigenvalue weighted by Crippen LogP contribution is -2.00. The SMILES string of the molecule is Oc1cc2c(cc1-c1nc3c(-c4cc(-c5ccccc5)cc(-c5cc(-c6ccccc6)ccn5)c4)cccc3n1-c1ccccc1-c1ccccc1)oc1ccccc12. The zero-order valence-electron chi connectivity index (χ0n) is 31.8. The number of aromatic nitrogens is 3. The molecule has 8 aromatic carbocycles. The summed E-state index contributed by atoms with van der Waals surface area (Å²) in [4.78, 5) is 10.4. The van der Waals surface area contributed by atoms with E-state index in [0.717, 1.165) is 88.8 Å². The minimum atomic E-state index is 0.122. The molecule has 1 N–H and O–H groups in total. The number of rotatable bonds is 7. The predicted molar refractivity (Wildman–Crippen MR) is 240 cm³/mol. The van der Waals surface area contributed by atoms with Gasteiger partial charge in [0.1, 0.15) is 22.7 Å². The second-order valence-electron chi connectivity index (χ2n) is 14.8. The molecule has 11 aromatic rings. The molecule has 11 rings (SSSR count). The van der Waals surface area contributed by atoms with E-state index in [0.29, 0.717) is 17.0 Å². The summed E-state index contributed by atoms with van der Waals surface area (Å²) in [6.07, 6.45) is 1.89. The first-order valence-electron chi connectivity index (χ1n) is 19.7. The average Bonchev–Trinajstić information content (AvgIpc) is 3.87. The Morgan fingerprint density at radius 3 is 1.86 bits per heavy atom. The van der Waals surface area contributed by atoms with Gasteiger partial charge < -0.3 is 9.52 Å². The average molecular weight is 758 g/mol. The fourth-order valence-corrected chi connectivity index (χ4v) is 8.35. The highest BCUT2D eigenvalue weighted by Gasteiger charge is 2.24. The van der Waals surface area contributed by atoms with Crippen LogP contribution in [0.15, 0.2) is 211 Å². The Morgan fingerprint density at radius 1 is 0.424 bits per heavy atom. The number of aromatic hydroxyl groups is 1. The Morgan fingerprint density at radius 2 is 1.07 bits per heavy atom. The molecule has 3 heterocycles. The van der Waals surface area contributed by atoms with Gasteiger partial charge in [-0.1, -0.05) is 140 Å². The number of imidazole rings is 1. The van der Waals surface area contributed by atoms with Crippen molar-refractivity contribution in [1.82, 2.24) is 14.5 Å². The fraction of sp³-hybridized carbons (Fsp3) is 0. The van der Waals surface area contributed by atoms with Gasteiger partial charge in [0.25, 0.3) is 0 Å². The van der Waals surface area contributed by atoms with E-state index in [4.69, 9.17) is 14.4 Å². The molecule has 5 heteroatoms. The maximum atomic E-state index is 11.9. The minimum absolute atomic E-state index is 0.122. The van der Waals surface area contributed by atoms with Gasteiger partial charge >= 0.3 is 0 Å². The molecular formula is C54H35N3O2. The van der Waals surface area contributed by atoms with Crippen molar-refractivity contribution >= 4 is 33.0 Å². The summed E-state index contributed by atoms with van der Waals surface area (Å²) in [5.41, 5.74) is 15.0. The van der Waals surface area contributed by atoms with Gasteiger partial charge in [0.15, 0.2) is 0 Å². The van der Waals surface area contributed by atoms with Crippen molar-refractivity contribution in [2.45, 2.75) is 0 Å². The van der Waals surface area contributed by atoms with E-state index < -0.39 is 0 Å². The number of para-hydroxylation sites is 3. The number of furan rings is 1. The highest BCUT2D eigenvalue weighted by molar-refractivity contribution is 6.07. The first kappa shape index (κ1) is 34.2. The number of phenols is 1. The van der Waals surface area contributed by atoms with Gasteiger partial charge in [-0.3, -0.25) is 9.55 Å². The van der Waals surface area contributed by atoms with Crippen LogP contribution in [-0.4, -0.2) is 19.6 Å². The molecule has 0 atom stereocenters. The molecule has 278 valence electrons.